The fourth-order valence-electron chi connectivity index (χ4n) is 2.96. The lowest BCUT2D eigenvalue weighted by molar-refractivity contribution is 0.0533. The lowest BCUT2D eigenvalue weighted by atomic mass is 10.1. The van der Waals surface area contributed by atoms with Crippen molar-refractivity contribution in [1.29, 1.82) is 0 Å². The van der Waals surface area contributed by atoms with Crippen LogP contribution in [0.15, 0.2) is 12.1 Å². The van der Waals surface area contributed by atoms with E-state index in [0.29, 0.717) is 35.3 Å². The van der Waals surface area contributed by atoms with Crippen molar-refractivity contribution in [2.24, 2.45) is 0 Å². The topological polar surface area (TPSA) is 42.0 Å². The molecule has 1 atom stereocenters. The van der Waals surface area contributed by atoms with Crippen LogP contribution in [0.1, 0.15) is 23.7 Å². The van der Waals surface area contributed by atoms with E-state index in [2.05, 4.69) is 18.9 Å². The normalized spacial score (nSPS) is 22.3. The van der Waals surface area contributed by atoms with Crippen LogP contribution in [0.2, 0.25) is 5.02 Å². The predicted molar refractivity (Wildman–Crippen MR) is 85.1 cm³/mol. The third-order valence-electron chi connectivity index (χ3n) is 4.14. The first kappa shape index (κ1) is 15.4. The Labute approximate surface area is 135 Å². The SMILES string of the molecule is C[C@H]1CN(C)CCN1C(=O)c1cc(Cl)c2c(c1)OCCCO2. The molecule has 0 aromatic heterocycles. The Morgan fingerprint density at radius 3 is 2.82 bits per heavy atom. The molecular weight excluding hydrogens is 304 g/mol. The Bertz CT molecular complexity index is 579. The molecule has 0 radical (unpaired) electrons. The van der Waals surface area contributed by atoms with Crippen LogP contribution in [0.4, 0.5) is 0 Å². The quantitative estimate of drug-likeness (QED) is 0.795. The van der Waals surface area contributed by atoms with Gasteiger partial charge in [-0.25, -0.2) is 0 Å². The maximum absolute atomic E-state index is 12.8. The van der Waals surface area contributed by atoms with Crippen molar-refractivity contribution in [2.75, 3.05) is 39.9 Å². The molecule has 0 spiro atoms. The highest BCUT2D eigenvalue weighted by atomic mass is 35.5. The molecule has 22 heavy (non-hydrogen) atoms. The van der Waals surface area contributed by atoms with Crippen molar-refractivity contribution >= 4 is 17.5 Å². The zero-order chi connectivity index (χ0) is 15.7. The number of hydrogen-bond donors (Lipinski definition) is 0. The van der Waals surface area contributed by atoms with E-state index in [4.69, 9.17) is 21.1 Å². The van der Waals surface area contributed by atoms with E-state index in [0.717, 1.165) is 26.1 Å². The molecule has 2 aliphatic heterocycles. The second-order valence-corrected chi connectivity index (χ2v) is 6.35. The summed E-state index contributed by atoms with van der Waals surface area (Å²) in [4.78, 5) is 16.9. The Morgan fingerprint density at radius 2 is 2.05 bits per heavy atom. The highest BCUT2D eigenvalue weighted by Gasteiger charge is 2.28. The van der Waals surface area contributed by atoms with Crippen LogP contribution in [-0.4, -0.2) is 61.6 Å². The van der Waals surface area contributed by atoms with E-state index in [9.17, 15) is 4.79 Å². The highest BCUT2D eigenvalue weighted by Crippen LogP contribution is 2.38. The number of likely N-dealkylation sites (N-methyl/N-ethyl adjacent to an activating group) is 1. The van der Waals surface area contributed by atoms with Gasteiger partial charge in [0.2, 0.25) is 0 Å². The fourth-order valence-corrected chi connectivity index (χ4v) is 3.23. The average Bonchev–Trinajstić information content (AvgIpc) is 2.72. The van der Waals surface area contributed by atoms with Crippen molar-refractivity contribution < 1.29 is 14.3 Å². The van der Waals surface area contributed by atoms with Gasteiger partial charge in [-0.1, -0.05) is 11.6 Å². The number of piperazine rings is 1. The van der Waals surface area contributed by atoms with Gasteiger partial charge in [0, 0.05) is 37.7 Å². The summed E-state index contributed by atoms with van der Waals surface area (Å²) in [5.41, 5.74) is 0.561. The summed E-state index contributed by atoms with van der Waals surface area (Å²) in [5.74, 6) is 1.11. The van der Waals surface area contributed by atoms with E-state index in [1.807, 2.05) is 4.90 Å². The Morgan fingerprint density at radius 1 is 1.27 bits per heavy atom. The van der Waals surface area contributed by atoms with Gasteiger partial charge < -0.3 is 19.3 Å². The highest BCUT2D eigenvalue weighted by molar-refractivity contribution is 6.32. The monoisotopic (exact) mass is 324 g/mol. The first-order chi connectivity index (χ1) is 10.6. The molecule has 0 bridgehead atoms. The zero-order valence-corrected chi connectivity index (χ0v) is 13.7. The number of halogens is 1. The molecule has 0 N–H and O–H groups in total. The van der Waals surface area contributed by atoms with Gasteiger partial charge in [-0.3, -0.25) is 4.79 Å². The fraction of sp³-hybridized carbons (Fsp3) is 0.562. The van der Waals surface area contributed by atoms with Crippen molar-refractivity contribution in [2.45, 2.75) is 19.4 Å². The lowest BCUT2D eigenvalue weighted by Gasteiger charge is -2.38. The van der Waals surface area contributed by atoms with Gasteiger partial charge in [-0.15, -0.1) is 0 Å². The van der Waals surface area contributed by atoms with Crippen molar-refractivity contribution in [1.82, 2.24) is 9.80 Å². The number of ether oxygens (including phenoxy) is 2. The number of rotatable bonds is 1. The molecule has 3 rings (SSSR count). The number of carbonyl (C=O) groups excluding carboxylic acids is 1. The van der Waals surface area contributed by atoms with Crippen LogP contribution in [-0.2, 0) is 0 Å². The van der Waals surface area contributed by atoms with E-state index >= 15 is 0 Å². The molecule has 6 heteroatoms. The summed E-state index contributed by atoms with van der Waals surface area (Å²) in [7, 11) is 2.07. The van der Waals surface area contributed by atoms with Gasteiger partial charge >= 0.3 is 0 Å². The largest absolute Gasteiger partial charge is 0.489 e. The summed E-state index contributed by atoms with van der Waals surface area (Å²) >= 11 is 6.28. The summed E-state index contributed by atoms with van der Waals surface area (Å²) in [5, 5.41) is 0.435. The third kappa shape index (κ3) is 3.01. The Kier molecular flexibility index (Phi) is 4.45. The molecule has 1 aromatic carbocycles. The van der Waals surface area contributed by atoms with Crippen LogP contribution in [0.5, 0.6) is 11.5 Å². The molecule has 1 amide bonds. The minimum Gasteiger partial charge on any atom is -0.489 e. The maximum atomic E-state index is 12.8. The van der Waals surface area contributed by atoms with Gasteiger partial charge in [-0.2, -0.15) is 0 Å². The standard InChI is InChI=1S/C16H21ClN2O3/c1-11-10-18(2)4-5-19(11)16(20)12-8-13(17)15-14(9-12)21-6-3-7-22-15/h8-9,11H,3-7,10H2,1-2H3/t11-/m0/s1. The van der Waals surface area contributed by atoms with Crippen LogP contribution in [0.25, 0.3) is 0 Å². The molecule has 0 aliphatic carbocycles. The molecule has 2 aliphatic rings. The molecule has 120 valence electrons. The van der Waals surface area contributed by atoms with Crippen molar-refractivity contribution in [3.05, 3.63) is 22.7 Å². The lowest BCUT2D eigenvalue weighted by Crippen LogP contribution is -2.52. The van der Waals surface area contributed by atoms with Gasteiger partial charge in [0.05, 0.1) is 18.2 Å². The first-order valence-corrected chi connectivity index (χ1v) is 8.02. The summed E-state index contributed by atoms with van der Waals surface area (Å²) < 4.78 is 11.3. The maximum Gasteiger partial charge on any atom is 0.254 e. The van der Waals surface area contributed by atoms with E-state index < -0.39 is 0 Å². The summed E-state index contributed by atoms with van der Waals surface area (Å²) in [6.45, 7) is 5.71. The number of fused-ring (bicyclic) bond motifs is 1. The average molecular weight is 325 g/mol. The first-order valence-electron chi connectivity index (χ1n) is 7.65. The number of benzene rings is 1. The van der Waals surface area contributed by atoms with Crippen molar-refractivity contribution in [3.8, 4) is 11.5 Å². The van der Waals surface area contributed by atoms with Crippen LogP contribution >= 0.6 is 11.6 Å². The van der Waals surface area contributed by atoms with Gasteiger partial charge in [0.25, 0.3) is 5.91 Å². The third-order valence-corrected chi connectivity index (χ3v) is 4.42. The van der Waals surface area contributed by atoms with E-state index in [1.54, 1.807) is 12.1 Å². The number of amides is 1. The number of hydrogen-bond acceptors (Lipinski definition) is 4. The summed E-state index contributed by atoms with van der Waals surface area (Å²) in [6, 6.07) is 3.61. The minimum absolute atomic E-state index is 0.00172. The minimum atomic E-state index is -0.00172. The molecule has 1 aromatic rings. The van der Waals surface area contributed by atoms with E-state index in [1.165, 1.54) is 0 Å². The molecule has 1 fully saturated rings. The van der Waals surface area contributed by atoms with Crippen LogP contribution < -0.4 is 9.47 Å². The molecule has 0 unspecified atom stereocenters. The van der Waals surface area contributed by atoms with Crippen molar-refractivity contribution in [3.63, 3.8) is 0 Å². The van der Waals surface area contributed by atoms with Crippen LogP contribution in [0, 0.1) is 0 Å². The Hall–Kier alpha value is -1.46. The van der Waals surface area contributed by atoms with E-state index in [-0.39, 0.29) is 11.9 Å². The zero-order valence-electron chi connectivity index (χ0n) is 13.0. The van der Waals surface area contributed by atoms with Gasteiger partial charge in [-0.05, 0) is 26.1 Å². The predicted octanol–water partition coefficient (Wildman–Crippen LogP) is 2.28. The molecular formula is C16H21ClN2O3. The number of carbonyl (C=O) groups is 1. The number of nitrogens with zero attached hydrogens (tertiary/aromatic N) is 2. The summed E-state index contributed by atoms with van der Waals surface area (Å²) in [6.07, 6.45) is 0.809. The molecule has 0 saturated carbocycles. The van der Waals surface area contributed by atoms with Gasteiger partial charge in [0.1, 0.15) is 0 Å². The smallest absolute Gasteiger partial charge is 0.254 e. The second kappa shape index (κ2) is 6.34. The molecule has 2 heterocycles. The molecule has 5 nitrogen and oxygen atoms in total. The van der Waals surface area contributed by atoms with Crippen LogP contribution in [0.3, 0.4) is 0 Å². The van der Waals surface area contributed by atoms with Gasteiger partial charge in [0.15, 0.2) is 11.5 Å². The Balaban J connectivity index is 1.87. The molecule has 1 saturated heterocycles. The second-order valence-electron chi connectivity index (χ2n) is 5.95.